The Bertz CT molecular complexity index is 960. The second-order valence-electron chi connectivity index (χ2n) is 6.15. The van der Waals surface area contributed by atoms with Gasteiger partial charge in [0, 0.05) is 11.9 Å². The van der Waals surface area contributed by atoms with E-state index in [0.717, 1.165) is 22.6 Å². The molecule has 0 spiro atoms. The van der Waals surface area contributed by atoms with Gasteiger partial charge in [0.05, 0.1) is 16.9 Å². The average Bonchev–Trinajstić information content (AvgIpc) is 2.84. The average molecular weight is 319 g/mol. The number of aliphatic imine (C=N–C) groups is 1. The molecule has 0 amide bonds. The second-order valence-corrected chi connectivity index (χ2v) is 6.15. The summed E-state index contributed by atoms with van der Waals surface area (Å²) in [5, 5.41) is 3.13. The van der Waals surface area contributed by atoms with Gasteiger partial charge in [-0.15, -0.1) is 0 Å². The van der Waals surface area contributed by atoms with Gasteiger partial charge in [0.25, 0.3) is 5.56 Å². The monoisotopic (exact) mass is 319 g/mol. The molecule has 1 heterocycles. The largest absolute Gasteiger partial charge is 0.295 e. The zero-order valence-corrected chi connectivity index (χ0v) is 14.4. The van der Waals surface area contributed by atoms with Crippen molar-refractivity contribution in [3.05, 3.63) is 80.8 Å². The van der Waals surface area contributed by atoms with Gasteiger partial charge in [0.2, 0.25) is 0 Å². The SMILES string of the molecule is Cc1ccc(N=Cc2c(C)[nH]n(-c3ccc(C)c(C)c3)c2=O)cc1. The first-order valence-electron chi connectivity index (χ1n) is 7.95. The molecule has 3 rings (SSSR count). The molecule has 122 valence electrons. The molecule has 0 saturated carbocycles. The number of nitrogens with one attached hydrogen (secondary N) is 1. The van der Waals surface area contributed by atoms with Crippen molar-refractivity contribution in [2.75, 3.05) is 0 Å². The molecule has 0 aliphatic rings. The smallest absolute Gasteiger partial charge is 0.280 e. The maximum absolute atomic E-state index is 12.7. The van der Waals surface area contributed by atoms with E-state index in [4.69, 9.17) is 0 Å². The van der Waals surface area contributed by atoms with Crippen molar-refractivity contribution in [3.8, 4) is 5.69 Å². The van der Waals surface area contributed by atoms with Gasteiger partial charge in [0.15, 0.2) is 0 Å². The zero-order valence-electron chi connectivity index (χ0n) is 14.4. The summed E-state index contributed by atoms with van der Waals surface area (Å²) in [4.78, 5) is 17.1. The van der Waals surface area contributed by atoms with E-state index < -0.39 is 0 Å². The van der Waals surface area contributed by atoms with Crippen LogP contribution in [-0.2, 0) is 0 Å². The zero-order chi connectivity index (χ0) is 17.3. The summed E-state index contributed by atoms with van der Waals surface area (Å²) in [5.74, 6) is 0. The highest BCUT2D eigenvalue weighted by Gasteiger charge is 2.11. The molecule has 2 aromatic carbocycles. The molecule has 1 N–H and O–H groups in total. The van der Waals surface area contributed by atoms with Crippen LogP contribution in [0.5, 0.6) is 0 Å². The molecule has 0 atom stereocenters. The number of hydrogen-bond acceptors (Lipinski definition) is 2. The van der Waals surface area contributed by atoms with Crippen LogP contribution in [0.3, 0.4) is 0 Å². The highest BCUT2D eigenvalue weighted by Crippen LogP contribution is 2.14. The Kier molecular flexibility index (Phi) is 4.21. The lowest BCUT2D eigenvalue weighted by molar-refractivity contribution is 0.833. The van der Waals surface area contributed by atoms with E-state index in [-0.39, 0.29) is 5.56 Å². The molecule has 0 saturated heterocycles. The summed E-state index contributed by atoms with van der Waals surface area (Å²) in [6.45, 7) is 8.02. The summed E-state index contributed by atoms with van der Waals surface area (Å²) in [7, 11) is 0. The number of aryl methyl sites for hydroxylation is 4. The number of hydrogen-bond donors (Lipinski definition) is 1. The van der Waals surface area contributed by atoms with Crippen LogP contribution in [-0.4, -0.2) is 16.0 Å². The fourth-order valence-electron chi connectivity index (χ4n) is 2.53. The molecule has 0 aliphatic carbocycles. The first-order valence-corrected chi connectivity index (χ1v) is 7.95. The van der Waals surface area contributed by atoms with Crippen LogP contribution in [0.15, 0.2) is 52.3 Å². The molecule has 3 aromatic rings. The summed E-state index contributed by atoms with van der Waals surface area (Å²) in [5.41, 5.74) is 6.50. The highest BCUT2D eigenvalue weighted by molar-refractivity contribution is 5.83. The molecule has 0 unspecified atom stereocenters. The molecule has 4 heteroatoms. The minimum absolute atomic E-state index is 0.0911. The quantitative estimate of drug-likeness (QED) is 0.724. The lowest BCUT2D eigenvalue weighted by atomic mass is 10.1. The van der Waals surface area contributed by atoms with Gasteiger partial charge in [-0.2, -0.15) is 0 Å². The molecule has 0 fully saturated rings. The number of benzene rings is 2. The van der Waals surface area contributed by atoms with Gasteiger partial charge in [0.1, 0.15) is 0 Å². The Morgan fingerprint density at radius 3 is 2.33 bits per heavy atom. The third-order valence-corrected chi connectivity index (χ3v) is 4.24. The van der Waals surface area contributed by atoms with E-state index in [1.807, 2.05) is 63.2 Å². The van der Waals surface area contributed by atoms with Crippen LogP contribution in [0, 0.1) is 27.7 Å². The molecular formula is C20H21N3O. The van der Waals surface area contributed by atoms with Crippen molar-refractivity contribution in [3.63, 3.8) is 0 Å². The van der Waals surface area contributed by atoms with Gasteiger partial charge in [-0.25, -0.2) is 4.68 Å². The molecule has 0 radical (unpaired) electrons. The second kappa shape index (κ2) is 6.32. The maximum atomic E-state index is 12.7. The van der Waals surface area contributed by atoms with Gasteiger partial charge >= 0.3 is 0 Å². The minimum Gasteiger partial charge on any atom is -0.295 e. The summed E-state index contributed by atoms with van der Waals surface area (Å²) < 4.78 is 1.57. The molecule has 4 nitrogen and oxygen atoms in total. The third kappa shape index (κ3) is 3.08. The van der Waals surface area contributed by atoms with Crippen LogP contribution in [0.4, 0.5) is 5.69 Å². The number of aromatic nitrogens is 2. The Morgan fingerprint density at radius 2 is 1.67 bits per heavy atom. The Balaban J connectivity index is 1.99. The molecular weight excluding hydrogens is 298 g/mol. The lowest BCUT2D eigenvalue weighted by Crippen LogP contribution is -2.17. The fourth-order valence-corrected chi connectivity index (χ4v) is 2.53. The maximum Gasteiger partial charge on any atom is 0.280 e. The van der Waals surface area contributed by atoms with Gasteiger partial charge < -0.3 is 0 Å². The third-order valence-electron chi connectivity index (χ3n) is 4.24. The Hall–Kier alpha value is -2.88. The highest BCUT2D eigenvalue weighted by atomic mass is 16.1. The van der Waals surface area contributed by atoms with E-state index in [1.165, 1.54) is 11.1 Å². The van der Waals surface area contributed by atoms with Crippen molar-refractivity contribution in [1.29, 1.82) is 0 Å². The number of nitrogens with zero attached hydrogens (tertiary/aromatic N) is 2. The molecule has 0 aliphatic heterocycles. The number of aromatic amines is 1. The topological polar surface area (TPSA) is 50.1 Å². The predicted octanol–water partition coefficient (Wildman–Crippen LogP) is 4.15. The van der Waals surface area contributed by atoms with E-state index in [2.05, 4.69) is 17.0 Å². The molecule has 1 aromatic heterocycles. The predicted molar refractivity (Wildman–Crippen MR) is 99.0 cm³/mol. The van der Waals surface area contributed by atoms with Crippen LogP contribution in [0.25, 0.3) is 5.69 Å². The van der Waals surface area contributed by atoms with E-state index in [1.54, 1.807) is 10.9 Å². The Morgan fingerprint density at radius 1 is 0.958 bits per heavy atom. The number of H-pyrrole nitrogens is 1. The van der Waals surface area contributed by atoms with Crippen LogP contribution >= 0.6 is 0 Å². The van der Waals surface area contributed by atoms with Crippen LogP contribution < -0.4 is 5.56 Å². The summed E-state index contributed by atoms with van der Waals surface area (Å²) in [6.07, 6.45) is 1.64. The number of rotatable bonds is 3. The van der Waals surface area contributed by atoms with Crippen LogP contribution in [0.1, 0.15) is 27.9 Å². The minimum atomic E-state index is -0.0911. The summed E-state index contributed by atoms with van der Waals surface area (Å²) >= 11 is 0. The molecule has 24 heavy (non-hydrogen) atoms. The first-order chi connectivity index (χ1) is 11.5. The van der Waals surface area contributed by atoms with E-state index in [9.17, 15) is 4.79 Å². The standard InChI is InChI=1S/C20H21N3O/c1-13-5-8-17(9-6-13)21-12-19-16(4)22-23(20(19)24)18-10-7-14(2)15(3)11-18/h5-12,22H,1-4H3. The first kappa shape index (κ1) is 16.0. The normalized spacial score (nSPS) is 11.3. The van der Waals surface area contributed by atoms with Crippen LogP contribution in [0.2, 0.25) is 0 Å². The lowest BCUT2D eigenvalue weighted by Gasteiger charge is -2.05. The Labute approximate surface area is 141 Å². The van der Waals surface area contributed by atoms with Gasteiger partial charge in [-0.1, -0.05) is 23.8 Å². The van der Waals surface area contributed by atoms with E-state index in [0.29, 0.717) is 5.56 Å². The molecule has 0 bridgehead atoms. The van der Waals surface area contributed by atoms with Gasteiger partial charge in [-0.05, 0) is 63.1 Å². The van der Waals surface area contributed by atoms with Crippen molar-refractivity contribution < 1.29 is 0 Å². The van der Waals surface area contributed by atoms with Crippen molar-refractivity contribution in [2.24, 2.45) is 4.99 Å². The summed E-state index contributed by atoms with van der Waals surface area (Å²) in [6, 6.07) is 13.9. The van der Waals surface area contributed by atoms with Crippen molar-refractivity contribution in [1.82, 2.24) is 9.78 Å². The van der Waals surface area contributed by atoms with Crippen molar-refractivity contribution >= 4 is 11.9 Å². The van der Waals surface area contributed by atoms with E-state index >= 15 is 0 Å². The van der Waals surface area contributed by atoms with Gasteiger partial charge in [-0.3, -0.25) is 14.9 Å². The fraction of sp³-hybridized carbons (Fsp3) is 0.200. The van der Waals surface area contributed by atoms with Crippen molar-refractivity contribution in [2.45, 2.75) is 27.7 Å².